The van der Waals surface area contributed by atoms with Gasteiger partial charge in [-0.3, -0.25) is 0 Å². The molecule has 0 saturated carbocycles. The Morgan fingerprint density at radius 3 is 2.47 bits per heavy atom. The van der Waals surface area contributed by atoms with Gasteiger partial charge in [-0.15, -0.1) is 0 Å². The summed E-state index contributed by atoms with van der Waals surface area (Å²) in [5.41, 5.74) is -0.513. The van der Waals surface area contributed by atoms with Gasteiger partial charge in [0.05, 0.1) is 17.9 Å². The minimum absolute atomic E-state index is 0.00135. The van der Waals surface area contributed by atoms with Gasteiger partial charge in [0.25, 0.3) is 0 Å². The Morgan fingerprint density at radius 2 is 2.00 bits per heavy atom. The highest BCUT2D eigenvalue weighted by atomic mass is 79.9. The summed E-state index contributed by atoms with van der Waals surface area (Å²) in [7, 11) is 0. The fourth-order valence-electron chi connectivity index (χ4n) is 1.40. The Labute approximate surface area is 118 Å². The van der Waals surface area contributed by atoms with Crippen LogP contribution in [0.3, 0.4) is 0 Å². The lowest BCUT2D eigenvalue weighted by Gasteiger charge is -2.12. The third-order valence-electron chi connectivity index (χ3n) is 2.28. The average molecular weight is 338 g/mol. The lowest BCUT2D eigenvalue weighted by molar-refractivity contribution is -0.138. The maximum atomic E-state index is 12.8. The third-order valence-corrected chi connectivity index (χ3v) is 2.97. The van der Waals surface area contributed by atoms with Gasteiger partial charge < -0.3 is 4.74 Å². The predicted octanol–water partition coefficient (Wildman–Crippen LogP) is 5.19. The molecule has 6 heteroatoms. The fraction of sp³-hybridized carbons (Fsp3) is 0.462. The predicted molar refractivity (Wildman–Crippen MR) is 72.7 cm³/mol. The van der Waals surface area contributed by atoms with E-state index in [2.05, 4.69) is 20.9 Å². The van der Waals surface area contributed by atoms with Gasteiger partial charge in [0, 0.05) is 10.4 Å². The van der Waals surface area contributed by atoms with Crippen molar-refractivity contribution >= 4 is 27.5 Å². The van der Waals surface area contributed by atoms with Crippen LogP contribution in [0, 0.1) is 5.92 Å². The van der Waals surface area contributed by atoms with E-state index in [1.165, 1.54) is 12.1 Å². The Morgan fingerprint density at radius 1 is 1.37 bits per heavy atom. The molecule has 1 aromatic rings. The molecule has 106 valence electrons. The van der Waals surface area contributed by atoms with Crippen molar-refractivity contribution in [1.82, 2.24) is 0 Å². The number of alkyl halides is 3. The van der Waals surface area contributed by atoms with Crippen molar-refractivity contribution in [2.75, 3.05) is 6.61 Å². The van der Waals surface area contributed by atoms with Crippen LogP contribution in [0.25, 0.3) is 0 Å². The van der Waals surface area contributed by atoms with E-state index in [0.717, 1.165) is 6.07 Å². The summed E-state index contributed by atoms with van der Waals surface area (Å²) >= 11 is 2.89. The highest BCUT2D eigenvalue weighted by molar-refractivity contribution is 9.10. The maximum Gasteiger partial charge on any atom is 0.417 e. The molecule has 0 N–H and O–H groups in total. The van der Waals surface area contributed by atoms with Crippen LogP contribution < -0.4 is 0 Å². The SMILES string of the molecule is CCO/C(=N\c1ccc(Br)c(C(F)(F)F)c1)C(C)C. The molecule has 0 atom stereocenters. The van der Waals surface area contributed by atoms with E-state index in [0.29, 0.717) is 12.5 Å². The van der Waals surface area contributed by atoms with Crippen molar-refractivity contribution in [3.8, 4) is 0 Å². The van der Waals surface area contributed by atoms with Crippen LogP contribution in [-0.4, -0.2) is 12.5 Å². The minimum atomic E-state index is -4.41. The zero-order chi connectivity index (χ0) is 14.6. The molecule has 19 heavy (non-hydrogen) atoms. The number of halogens is 4. The van der Waals surface area contributed by atoms with Crippen LogP contribution in [0.2, 0.25) is 0 Å². The molecule has 1 rings (SSSR count). The molecule has 0 aliphatic heterocycles. The van der Waals surface area contributed by atoms with Gasteiger partial charge in [-0.25, -0.2) is 4.99 Å². The molecule has 0 aliphatic carbocycles. The van der Waals surface area contributed by atoms with Crippen molar-refractivity contribution in [3.63, 3.8) is 0 Å². The molecule has 0 radical (unpaired) electrons. The summed E-state index contributed by atoms with van der Waals surface area (Å²) in [6, 6.07) is 3.86. The first kappa shape index (κ1) is 16.0. The van der Waals surface area contributed by atoms with Crippen molar-refractivity contribution < 1.29 is 17.9 Å². The molecule has 0 fully saturated rings. The highest BCUT2D eigenvalue weighted by Gasteiger charge is 2.33. The van der Waals surface area contributed by atoms with E-state index in [9.17, 15) is 13.2 Å². The van der Waals surface area contributed by atoms with Gasteiger partial charge in [-0.05, 0) is 25.1 Å². The van der Waals surface area contributed by atoms with E-state index < -0.39 is 11.7 Å². The van der Waals surface area contributed by atoms with Crippen LogP contribution in [0.1, 0.15) is 26.3 Å². The summed E-state index contributed by atoms with van der Waals surface area (Å²) in [5.74, 6) is 0.441. The van der Waals surface area contributed by atoms with E-state index in [1.54, 1.807) is 6.92 Å². The Balaban J connectivity index is 3.18. The van der Waals surface area contributed by atoms with E-state index >= 15 is 0 Å². The number of benzene rings is 1. The first-order chi connectivity index (χ1) is 8.75. The number of ether oxygens (including phenoxy) is 1. The number of rotatable bonds is 3. The van der Waals surface area contributed by atoms with Crippen molar-refractivity contribution in [2.24, 2.45) is 10.9 Å². The smallest absolute Gasteiger partial charge is 0.417 e. The monoisotopic (exact) mass is 337 g/mol. The average Bonchev–Trinajstić information content (AvgIpc) is 2.29. The van der Waals surface area contributed by atoms with Crippen LogP contribution in [0.4, 0.5) is 18.9 Å². The fourth-order valence-corrected chi connectivity index (χ4v) is 1.87. The molecule has 0 unspecified atom stereocenters. The molecule has 0 saturated heterocycles. The lowest BCUT2D eigenvalue weighted by Crippen LogP contribution is -2.12. The molecular weight excluding hydrogens is 323 g/mol. The maximum absolute atomic E-state index is 12.8. The van der Waals surface area contributed by atoms with Crippen LogP contribution in [0.5, 0.6) is 0 Å². The summed E-state index contributed by atoms with van der Waals surface area (Å²) < 4.78 is 43.6. The lowest BCUT2D eigenvalue weighted by atomic mass is 10.2. The topological polar surface area (TPSA) is 21.6 Å². The summed E-state index contributed by atoms with van der Waals surface area (Å²) in [4.78, 5) is 4.14. The van der Waals surface area contributed by atoms with E-state index in [1.807, 2.05) is 13.8 Å². The molecule has 1 aromatic carbocycles. The zero-order valence-electron chi connectivity index (χ0n) is 10.9. The Bertz CT molecular complexity index is 469. The first-order valence-corrected chi connectivity index (χ1v) is 6.63. The molecule has 2 nitrogen and oxygen atoms in total. The third kappa shape index (κ3) is 4.53. The second-order valence-corrected chi connectivity index (χ2v) is 5.05. The molecular formula is C13H15BrF3NO. The molecule has 0 aliphatic rings. The quantitative estimate of drug-likeness (QED) is 0.549. The normalized spacial score (nSPS) is 12.9. The second-order valence-electron chi connectivity index (χ2n) is 4.20. The number of hydrogen-bond acceptors (Lipinski definition) is 2. The molecule has 0 amide bonds. The number of hydrogen-bond donors (Lipinski definition) is 0. The second kappa shape index (κ2) is 6.41. The van der Waals surface area contributed by atoms with Gasteiger partial charge in [-0.2, -0.15) is 13.2 Å². The van der Waals surface area contributed by atoms with Crippen molar-refractivity contribution in [1.29, 1.82) is 0 Å². The minimum Gasteiger partial charge on any atom is -0.481 e. The number of nitrogens with zero attached hydrogens (tertiary/aromatic N) is 1. The Kier molecular flexibility index (Phi) is 5.40. The highest BCUT2D eigenvalue weighted by Crippen LogP contribution is 2.37. The Hall–Kier alpha value is -1.04. The molecule has 0 spiro atoms. The zero-order valence-corrected chi connectivity index (χ0v) is 12.5. The van der Waals surface area contributed by atoms with E-state index in [-0.39, 0.29) is 16.1 Å². The van der Waals surface area contributed by atoms with Gasteiger partial charge in [0.2, 0.25) is 0 Å². The summed E-state index contributed by atoms with van der Waals surface area (Å²) in [5, 5.41) is 0. The van der Waals surface area contributed by atoms with Crippen LogP contribution >= 0.6 is 15.9 Å². The molecule has 0 aromatic heterocycles. The number of aliphatic imine (C=N–C) groups is 1. The molecule has 0 heterocycles. The summed E-state index contributed by atoms with van der Waals surface area (Å²) in [6.45, 7) is 5.98. The summed E-state index contributed by atoms with van der Waals surface area (Å²) in [6.07, 6.45) is -4.41. The van der Waals surface area contributed by atoms with Gasteiger partial charge in [0.1, 0.15) is 0 Å². The standard InChI is InChI=1S/C13H15BrF3NO/c1-4-19-12(8(2)3)18-9-5-6-11(14)10(7-9)13(15,16)17/h5-8H,4H2,1-3H3/b18-12-. The van der Waals surface area contributed by atoms with Crippen molar-refractivity contribution in [2.45, 2.75) is 26.9 Å². The van der Waals surface area contributed by atoms with Gasteiger partial charge in [0.15, 0.2) is 5.90 Å². The van der Waals surface area contributed by atoms with Crippen LogP contribution in [0.15, 0.2) is 27.7 Å². The van der Waals surface area contributed by atoms with E-state index in [4.69, 9.17) is 4.74 Å². The first-order valence-electron chi connectivity index (χ1n) is 5.83. The van der Waals surface area contributed by atoms with Crippen LogP contribution in [-0.2, 0) is 10.9 Å². The van der Waals surface area contributed by atoms with Gasteiger partial charge in [-0.1, -0.05) is 29.8 Å². The van der Waals surface area contributed by atoms with Gasteiger partial charge >= 0.3 is 6.18 Å². The largest absolute Gasteiger partial charge is 0.481 e. The molecule has 0 bridgehead atoms. The van der Waals surface area contributed by atoms with Crippen molar-refractivity contribution in [3.05, 3.63) is 28.2 Å².